The van der Waals surface area contributed by atoms with Crippen LogP contribution in [0.25, 0.3) is 10.2 Å². The summed E-state index contributed by atoms with van der Waals surface area (Å²) in [5, 5.41) is 11.3. The second-order valence-corrected chi connectivity index (χ2v) is 7.91. The highest BCUT2D eigenvalue weighted by atomic mass is 32.1. The topological polar surface area (TPSA) is 71.8 Å². The first-order valence-electron chi connectivity index (χ1n) is 9.13. The number of nitrogens with zero attached hydrogens (tertiary/aromatic N) is 3. The predicted octanol–water partition coefficient (Wildman–Crippen LogP) is 4.22. The molecule has 0 spiro atoms. The van der Waals surface area contributed by atoms with Crippen LogP contribution in [0.3, 0.4) is 0 Å². The van der Waals surface area contributed by atoms with Crippen LogP contribution in [0.5, 0.6) is 0 Å². The Morgan fingerprint density at radius 1 is 1.35 bits per heavy atom. The van der Waals surface area contributed by atoms with E-state index in [2.05, 4.69) is 33.7 Å². The van der Waals surface area contributed by atoms with Gasteiger partial charge in [0.1, 0.15) is 5.82 Å². The summed E-state index contributed by atoms with van der Waals surface area (Å²) in [6, 6.07) is 10.2. The Kier molecular flexibility index (Phi) is 4.88. The van der Waals surface area contributed by atoms with Gasteiger partial charge in [0.05, 0.1) is 27.5 Å². The van der Waals surface area contributed by atoms with Gasteiger partial charge >= 0.3 is 6.03 Å². The second-order valence-electron chi connectivity index (χ2n) is 6.80. The molecule has 1 saturated carbocycles. The molecule has 1 atom stereocenters. The van der Waals surface area contributed by atoms with E-state index in [9.17, 15) is 4.79 Å². The van der Waals surface area contributed by atoms with Crippen LogP contribution in [-0.4, -0.2) is 27.3 Å². The highest BCUT2D eigenvalue weighted by Gasteiger charge is 2.30. The molecule has 7 heteroatoms. The maximum atomic E-state index is 12.1. The Morgan fingerprint density at radius 2 is 2.19 bits per heavy atom. The van der Waals surface area contributed by atoms with Crippen molar-refractivity contribution in [3.8, 4) is 0 Å². The van der Waals surface area contributed by atoms with Crippen LogP contribution in [0.4, 0.5) is 10.6 Å². The molecule has 2 aromatic heterocycles. The predicted molar refractivity (Wildman–Crippen MR) is 105 cm³/mol. The van der Waals surface area contributed by atoms with E-state index in [1.54, 1.807) is 17.5 Å². The largest absolute Gasteiger partial charge is 0.338 e. The zero-order chi connectivity index (χ0) is 17.9. The first-order chi connectivity index (χ1) is 12.7. The number of carbonyl (C=O) groups excluding carboxylic acids is 1. The van der Waals surface area contributed by atoms with Crippen molar-refractivity contribution in [1.82, 2.24) is 20.1 Å². The number of amides is 2. The number of benzene rings is 1. The Labute approximate surface area is 156 Å². The fraction of sp³-hybridized carbons (Fsp3) is 0.421. The molecule has 26 heavy (non-hydrogen) atoms. The Bertz CT molecular complexity index is 865. The third-order valence-corrected chi connectivity index (χ3v) is 5.89. The summed E-state index contributed by atoms with van der Waals surface area (Å²) < 4.78 is 3.13. The Morgan fingerprint density at radius 3 is 3.00 bits per heavy atom. The minimum Gasteiger partial charge on any atom is -0.338 e. The van der Waals surface area contributed by atoms with Gasteiger partial charge in [-0.2, -0.15) is 5.10 Å². The van der Waals surface area contributed by atoms with Crippen molar-refractivity contribution in [3.63, 3.8) is 0 Å². The minimum absolute atomic E-state index is 0.181. The number of aromatic nitrogens is 3. The lowest BCUT2D eigenvalue weighted by Gasteiger charge is -2.15. The van der Waals surface area contributed by atoms with Crippen LogP contribution in [-0.2, 0) is 6.42 Å². The monoisotopic (exact) mass is 369 g/mol. The summed E-state index contributed by atoms with van der Waals surface area (Å²) >= 11 is 1.72. The van der Waals surface area contributed by atoms with E-state index < -0.39 is 0 Å². The van der Waals surface area contributed by atoms with E-state index in [1.807, 2.05) is 28.9 Å². The average Bonchev–Trinajstić information content (AvgIpc) is 3.25. The number of para-hydroxylation sites is 1. The van der Waals surface area contributed by atoms with Gasteiger partial charge < -0.3 is 5.32 Å². The maximum Gasteiger partial charge on any atom is 0.320 e. The first-order valence-corrected chi connectivity index (χ1v) is 9.95. The summed E-state index contributed by atoms with van der Waals surface area (Å²) in [5.41, 5.74) is 1.05. The van der Waals surface area contributed by atoms with E-state index in [-0.39, 0.29) is 6.03 Å². The third-order valence-electron chi connectivity index (χ3n) is 4.79. The minimum atomic E-state index is -0.181. The number of urea groups is 1. The van der Waals surface area contributed by atoms with Gasteiger partial charge in [-0.1, -0.05) is 12.1 Å². The summed E-state index contributed by atoms with van der Waals surface area (Å²) in [5.74, 6) is 1.44. The number of carbonyl (C=O) groups is 1. The normalized spacial score (nSPS) is 15.1. The van der Waals surface area contributed by atoms with Crippen molar-refractivity contribution in [3.05, 3.63) is 41.5 Å². The fourth-order valence-corrected chi connectivity index (χ4v) is 4.15. The van der Waals surface area contributed by atoms with E-state index >= 15 is 0 Å². The number of thiazole rings is 1. The van der Waals surface area contributed by atoms with E-state index in [1.165, 1.54) is 17.5 Å². The van der Waals surface area contributed by atoms with Crippen molar-refractivity contribution in [1.29, 1.82) is 0 Å². The van der Waals surface area contributed by atoms with Gasteiger partial charge in [0.2, 0.25) is 0 Å². The van der Waals surface area contributed by atoms with Gasteiger partial charge in [-0.3, -0.25) is 5.32 Å². The van der Waals surface area contributed by atoms with Crippen LogP contribution in [0.15, 0.2) is 36.5 Å². The zero-order valence-corrected chi connectivity index (χ0v) is 15.6. The molecule has 0 saturated heterocycles. The molecule has 1 aromatic carbocycles. The molecular weight excluding hydrogens is 346 g/mol. The lowest BCUT2D eigenvalue weighted by Crippen LogP contribution is -2.31. The van der Waals surface area contributed by atoms with Crippen LogP contribution >= 0.6 is 11.3 Å². The molecule has 1 unspecified atom stereocenters. The van der Waals surface area contributed by atoms with Crippen LogP contribution in [0.2, 0.25) is 0 Å². The third kappa shape index (κ3) is 3.88. The molecule has 1 aliphatic carbocycles. The standard InChI is InChI=1S/C19H23N5OS/c1-13(14-8-9-14)24-17(10-12-21-24)23-19(25)20-11-4-7-18-22-15-5-2-3-6-16(15)26-18/h2-3,5-6,10,12-14H,4,7-9,11H2,1H3,(H2,20,23,25). The van der Waals surface area contributed by atoms with Crippen molar-refractivity contribution in [2.45, 2.75) is 38.6 Å². The van der Waals surface area contributed by atoms with Crippen molar-refractivity contribution < 1.29 is 4.79 Å². The van der Waals surface area contributed by atoms with Crippen LogP contribution in [0.1, 0.15) is 37.2 Å². The van der Waals surface area contributed by atoms with Gasteiger partial charge in [0.15, 0.2) is 0 Å². The number of rotatable bonds is 7. The fourth-order valence-electron chi connectivity index (χ4n) is 3.15. The highest BCUT2D eigenvalue weighted by Crippen LogP contribution is 2.40. The molecule has 6 nitrogen and oxygen atoms in total. The lowest BCUT2D eigenvalue weighted by molar-refractivity contribution is 0.251. The summed E-state index contributed by atoms with van der Waals surface area (Å²) in [4.78, 5) is 16.8. The number of hydrogen-bond donors (Lipinski definition) is 2. The molecule has 0 bridgehead atoms. The van der Waals surface area contributed by atoms with Gasteiger partial charge in [0, 0.05) is 19.0 Å². The molecule has 2 amide bonds. The van der Waals surface area contributed by atoms with Gasteiger partial charge in [0.25, 0.3) is 0 Å². The van der Waals surface area contributed by atoms with E-state index in [0.29, 0.717) is 18.5 Å². The zero-order valence-electron chi connectivity index (χ0n) is 14.8. The first kappa shape index (κ1) is 17.0. The SMILES string of the molecule is CC(C1CC1)n1nccc1NC(=O)NCCCc1nc2ccccc2s1. The summed E-state index contributed by atoms with van der Waals surface area (Å²) in [6.45, 7) is 2.78. The van der Waals surface area contributed by atoms with Gasteiger partial charge in [-0.05, 0) is 44.2 Å². The number of fused-ring (bicyclic) bond motifs is 1. The molecule has 2 heterocycles. The maximum absolute atomic E-state index is 12.1. The van der Waals surface area contributed by atoms with E-state index in [4.69, 9.17) is 0 Å². The van der Waals surface area contributed by atoms with E-state index in [0.717, 1.165) is 29.2 Å². The Hall–Kier alpha value is -2.41. The van der Waals surface area contributed by atoms with Crippen molar-refractivity contribution in [2.24, 2.45) is 5.92 Å². The van der Waals surface area contributed by atoms with Gasteiger partial charge in [-0.15, -0.1) is 11.3 Å². The Balaban J connectivity index is 1.24. The molecule has 136 valence electrons. The molecule has 2 N–H and O–H groups in total. The number of aryl methyl sites for hydroxylation is 1. The average molecular weight is 369 g/mol. The number of hydrogen-bond acceptors (Lipinski definition) is 4. The number of nitrogens with one attached hydrogen (secondary N) is 2. The molecule has 0 radical (unpaired) electrons. The summed E-state index contributed by atoms with van der Waals surface area (Å²) in [7, 11) is 0. The van der Waals surface area contributed by atoms with Crippen LogP contribution < -0.4 is 10.6 Å². The molecule has 3 aromatic rings. The van der Waals surface area contributed by atoms with Crippen molar-refractivity contribution in [2.75, 3.05) is 11.9 Å². The molecule has 1 fully saturated rings. The van der Waals surface area contributed by atoms with Crippen LogP contribution in [0, 0.1) is 5.92 Å². The quantitative estimate of drug-likeness (QED) is 0.613. The molecular formula is C19H23N5OS. The molecule has 4 rings (SSSR count). The smallest absolute Gasteiger partial charge is 0.320 e. The molecule has 0 aliphatic heterocycles. The number of anilines is 1. The lowest BCUT2D eigenvalue weighted by atomic mass is 10.2. The van der Waals surface area contributed by atoms with Crippen molar-refractivity contribution >= 4 is 33.4 Å². The highest BCUT2D eigenvalue weighted by molar-refractivity contribution is 7.18. The second kappa shape index (κ2) is 7.45. The molecule has 1 aliphatic rings. The van der Waals surface area contributed by atoms with Gasteiger partial charge in [-0.25, -0.2) is 14.5 Å². The summed E-state index contributed by atoms with van der Waals surface area (Å²) in [6.07, 6.45) is 5.97.